The Balaban J connectivity index is 3.19. The van der Waals surface area contributed by atoms with Gasteiger partial charge in [0.15, 0.2) is 5.78 Å². The molecule has 0 aromatic heterocycles. The molecule has 0 fully saturated rings. The van der Waals surface area contributed by atoms with Gasteiger partial charge in [-0.05, 0) is 25.5 Å². The van der Waals surface area contributed by atoms with Crippen molar-refractivity contribution in [2.45, 2.75) is 33.3 Å². The molecule has 0 aliphatic heterocycles. The summed E-state index contributed by atoms with van der Waals surface area (Å²) in [6.07, 6.45) is 1.12. The molecule has 112 valence electrons. The number of Topliss-reactive ketones (excluding diaryl/α,β-unsaturated/α-hetero) is 1. The number of hydrogen-bond acceptors (Lipinski definition) is 5. The first-order valence-electron chi connectivity index (χ1n) is 6.55. The Labute approximate surface area is 122 Å². The zero-order valence-corrected chi connectivity index (χ0v) is 12.2. The maximum absolute atomic E-state index is 11.9. The molecule has 1 aromatic carbocycles. The molecule has 21 heavy (non-hydrogen) atoms. The number of carbonyl (C=O) groups is 2. The first-order chi connectivity index (χ1) is 9.85. The molecule has 0 heterocycles. The van der Waals surface area contributed by atoms with E-state index in [2.05, 4.69) is 0 Å². The van der Waals surface area contributed by atoms with Crippen LogP contribution in [0.1, 0.15) is 32.8 Å². The molecular weight excluding hydrogens is 274 g/mol. The molecule has 1 rings (SSSR count). The first-order valence-corrected chi connectivity index (χ1v) is 6.55. The second kappa shape index (κ2) is 7.33. The molecule has 0 radical (unpaired) electrons. The van der Waals surface area contributed by atoms with Gasteiger partial charge < -0.3 is 4.74 Å². The van der Waals surface area contributed by atoms with E-state index in [1.165, 1.54) is 24.3 Å². The summed E-state index contributed by atoms with van der Waals surface area (Å²) in [7, 11) is 0. The fourth-order valence-electron chi connectivity index (χ4n) is 1.62. The number of rotatable bonds is 6. The lowest BCUT2D eigenvalue weighted by Gasteiger charge is -2.09. The van der Waals surface area contributed by atoms with Crippen molar-refractivity contribution in [3.05, 3.63) is 45.5 Å². The molecule has 0 bridgehead atoms. The molecule has 6 heteroatoms. The number of hydrogen-bond donors (Lipinski definition) is 0. The van der Waals surface area contributed by atoms with Gasteiger partial charge in [0, 0.05) is 18.6 Å². The van der Waals surface area contributed by atoms with Gasteiger partial charge in [-0.1, -0.05) is 19.1 Å². The van der Waals surface area contributed by atoms with Crippen LogP contribution in [0.3, 0.4) is 0 Å². The van der Waals surface area contributed by atoms with Crippen molar-refractivity contribution >= 4 is 23.5 Å². The highest BCUT2D eigenvalue weighted by Gasteiger charge is 2.19. The molecule has 0 atom stereocenters. The highest BCUT2D eigenvalue weighted by atomic mass is 16.6. The van der Waals surface area contributed by atoms with Crippen LogP contribution in [-0.4, -0.2) is 22.8 Å². The van der Waals surface area contributed by atoms with Gasteiger partial charge in [-0.3, -0.25) is 14.9 Å². The summed E-state index contributed by atoms with van der Waals surface area (Å²) >= 11 is 0. The number of benzene rings is 1. The minimum Gasteiger partial charge on any atom is -0.459 e. The topological polar surface area (TPSA) is 86.5 Å². The van der Waals surface area contributed by atoms with E-state index in [0.717, 1.165) is 0 Å². The third kappa shape index (κ3) is 4.83. The van der Waals surface area contributed by atoms with Gasteiger partial charge in [-0.25, -0.2) is 4.79 Å². The van der Waals surface area contributed by atoms with Crippen molar-refractivity contribution in [3.8, 4) is 0 Å². The van der Waals surface area contributed by atoms with Crippen LogP contribution in [0.4, 0.5) is 5.69 Å². The van der Waals surface area contributed by atoms with Crippen molar-refractivity contribution in [3.63, 3.8) is 0 Å². The van der Waals surface area contributed by atoms with Crippen LogP contribution in [0.25, 0.3) is 6.08 Å². The summed E-state index contributed by atoms with van der Waals surface area (Å²) in [6.45, 7) is 4.99. The Morgan fingerprint density at radius 1 is 1.38 bits per heavy atom. The van der Waals surface area contributed by atoms with Crippen molar-refractivity contribution < 1.29 is 19.2 Å². The number of non-ortho nitro benzene ring substituents is 1. The molecule has 0 saturated carbocycles. The minimum absolute atomic E-state index is 0.105. The van der Waals surface area contributed by atoms with Crippen LogP contribution < -0.4 is 0 Å². The summed E-state index contributed by atoms with van der Waals surface area (Å²) in [4.78, 5) is 34.0. The Morgan fingerprint density at radius 2 is 2.05 bits per heavy atom. The molecule has 0 aliphatic carbocycles. The standard InChI is InChI=1S/C15H17NO5/c1-4-14(17)13(15(18)21-10(2)3)9-11-6-5-7-12(8-11)16(19)20/h5-10H,4H2,1-3H3. The van der Waals surface area contributed by atoms with Crippen LogP contribution in [0.2, 0.25) is 0 Å². The second-order valence-electron chi connectivity index (χ2n) is 4.64. The summed E-state index contributed by atoms with van der Waals surface area (Å²) in [5.41, 5.74) is 0.192. The lowest BCUT2D eigenvalue weighted by Crippen LogP contribution is -2.18. The fourth-order valence-corrected chi connectivity index (χ4v) is 1.62. The zero-order valence-electron chi connectivity index (χ0n) is 12.2. The first kappa shape index (κ1) is 16.6. The molecule has 0 N–H and O–H groups in total. The van der Waals surface area contributed by atoms with Crippen LogP contribution in [0.15, 0.2) is 29.8 Å². The van der Waals surface area contributed by atoms with Crippen LogP contribution in [-0.2, 0) is 14.3 Å². The SMILES string of the molecule is CCC(=O)C(=Cc1cccc([N+](=O)[O-])c1)C(=O)OC(C)C. The fraction of sp³-hybridized carbons (Fsp3) is 0.333. The highest BCUT2D eigenvalue weighted by molar-refractivity contribution is 6.20. The van der Waals surface area contributed by atoms with Crippen molar-refractivity contribution in [1.82, 2.24) is 0 Å². The summed E-state index contributed by atoms with van der Waals surface area (Å²) in [5, 5.41) is 10.7. The average molecular weight is 291 g/mol. The van der Waals surface area contributed by atoms with Gasteiger partial charge in [-0.15, -0.1) is 0 Å². The summed E-state index contributed by atoms with van der Waals surface area (Å²) in [6, 6.07) is 5.71. The Hall–Kier alpha value is -2.50. The molecule has 0 spiro atoms. The zero-order chi connectivity index (χ0) is 16.0. The Bertz CT molecular complexity index is 589. The Kier molecular flexibility index (Phi) is 5.78. The quantitative estimate of drug-likeness (QED) is 0.201. The highest BCUT2D eigenvalue weighted by Crippen LogP contribution is 2.17. The van der Waals surface area contributed by atoms with Gasteiger partial charge in [0.1, 0.15) is 5.57 Å². The van der Waals surface area contributed by atoms with E-state index < -0.39 is 10.9 Å². The van der Waals surface area contributed by atoms with Crippen molar-refractivity contribution in [2.24, 2.45) is 0 Å². The molecule has 6 nitrogen and oxygen atoms in total. The predicted molar refractivity (Wildman–Crippen MR) is 77.6 cm³/mol. The third-order valence-electron chi connectivity index (χ3n) is 2.58. The van der Waals surface area contributed by atoms with E-state index in [1.54, 1.807) is 26.8 Å². The summed E-state index contributed by atoms with van der Waals surface area (Å²) < 4.78 is 5.02. The van der Waals surface area contributed by atoms with Gasteiger partial charge in [0.25, 0.3) is 5.69 Å². The van der Waals surface area contributed by atoms with Crippen molar-refractivity contribution in [2.75, 3.05) is 0 Å². The molecule has 0 aliphatic rings. The summed E-state index contributed by atoms with van der Waals surface area (Å²) in [5.74, 6) is -1.09. The normalized spacial score (nSPS) is 11.3. The smallest absolute Gasteiger partial charge is 0.342 e. The average Bonchev–Trinajstić information content (AvgIpc) is 2.43. The number of nitro groups is 1. The van der Waals surface area contributed by atoms with Crippen LogP contribution in [0.5, 0.6) is 0 Å². The van der Waals surface area contributed by atoms with E-state index in [0.29, 0.717) is 5.56 Å². The number of esters is 1. The third-order valence-corrected chi connectivity index (χ3v) is 2.58. The lowest BCUT2D eigenvalue weighted by molar-refractivity contribution is -0.384. The van der Waals surface area contributed by atoms with Gasteiger partial charge >= 0.3 is 5.97 Å². The Morgan fingerprint density at radius 3 is 2.57 bits per heavy atom. The number of ether oxygens (including phenoxy) is 1. The van der Waals surface area contributed by atoms with Gasteiger partial charge in [0.05, 0.1) is 11.0 Å². The van der Waals surface area contributed by atoms with Crippen molar-refractivity contribution in [1.29, 1.82) is 0 Å². The van der Waals surface area contributed by atoms with E-state index in [4.69, 9.17) is 4.74 Å². The number of nitro benzene ring substituents is 1. The number of ketones is 1. The van der Waals surface area contributed by atoms with Gasteiger partial charge in [-0.2, -0.15) is 0 Å². The maximum atomic E-state index is 11.9. The molecule has 0 saturated heterocycles. The van der Waals surface area contributed by atoms with E-state index in [9.17, 15) is 19.7 Å². The second-order valence-corrected chi connectivity index (χ2v) is 4.64. The van der Waals surface area contributed by atoms with Crippen LogP contribution in [0, 0.1) is 10.1 Å². The van der Waals surface area contributed by atoms with Gasteiger partial charge in [0.2, 0.25) is 0 Å². The maximum Gasteiger partial charge on any atom is 0.342 e. The van der Waals surface area contributed by atoms with Crippen LogP contribution >= 0.6 is 0 Å². The number of carbonyl (C=O) groups excluding carboxylic acids is 2. The molecule has 1 aromatic rings. The molecule has 0 amide bonds. The molecule has 0 unspecified atom stereocenters. The minimum atomic E-state index is -0.719. The predicted octanol–water partition coefficient (Wildman–Crippen LogP) is 2.91. The monoisotopic (exact) mass is 291 g/mol. The lowest BCUT2D eigenvalue weighted by atomic mass is 10.1. The number of nitrogens with zero attached hydrogens (tertiary/aromatic N) is 1. The molecular formula is C15H17NO5. The van der Waals surface area contributed by atoms with E-state index in [-0.39, 0.29) is 29.6 Å². The van der Waals surface area contributed by atoms with E-state index >= 15 is 0 Å². The largest absolute Gasteiger partial charge is 0.459 e. The van der Waals surface area contributed by atoms with E-state index in [1.807, 2.05) is 0 Å².